The Kier molecular flexibility index (Phi) is 4.32. The zero-order chi connectivity index (χ0) is 13.1. The van der Waals surface area contributed by atoms with E-state index in [1.807, 2.05) is 11.4 Å². The molecule has 0 saturated heterocycles. The lowest BCUT2D eigenvalue weighted by Crippen LogP contribution is -2.19. The third kappa shape index (κ3) is 3.07. The lowest BCUT2D eigenvalue weighted by molar-refractivity contribution is 0.553. The molecule has 0 saturated carbocycles. The molecule has 1 aromatic carbocycles. The minimum Gasteiger partial charge on any atom is -0.313 e. The average Bonchev–Trinajstić information content (AvgIpc) is 2.70. The molecule has 2 rings (SSSR count). The van der Waals surface area contributed by atoms with Crippen LogP contribution in [0.1, 0.15) is 16.5 Å². The standard InChI is InChI=1S/C13H12ClF2NS/c1-17-12(7-13-11(14)2-3-18-13)8-4-9(15)6-10(16)5-8/h2-6,12,17H,7H2,1H3. The van der Waals surface area contributed by atoms with Gasteiger partial charge in [-0.2, -0.15) is 0 Å². The van der Waals surface area contributed by atoms with Crippen molar-refractivity contribution in [1.29, 1.82) is 0 Å². The summed E-state index contributed by atoms with van der Waals surface area (Å²) in [6, 6.07) is 5.21. The molecule has 18 heavy (non-hydrogen) atoms. The number of benzene rings is 1. The molecule has 0 radical (unpaired) electrons. The average molecular weight is 288 g/mol. The van der Waals surface area contributed by atoms with Crippen LogP contribution >= 0.6 is 22.9 Å². The molecule has 0 amide bonds. The fourth-order valence-electron chi connectivity index (χ4n) is 1.82. The van der Waals surface area contributed by atoms with E-state index in [9.17, 15) is 8.78 Å². The third-order valence-electron chi connectivity index (χ3n) is 2.72. The van der Waals surface area contributed by atoms with Gasteiger partial charge in [-0.15, -0.1) is 11.3 Å². The Hall–Kier alpha value is -0.970. The summed E-state index contributed by atoms with van der Waals surface area (Å²) in [5, 5.41) is 5.64. The van der Waals surface area contributed by atoms with Crippen molar-refractivity contribution in [2.45, 2.75) is 12.5 Å². The van der Waals surface area contributed by atoms with E-state index in [0.29, 0.717) is 17.0 Å². The van der Waals surface area contributed by atoms with Gasteiger partial charge in [-0.25, -0.2) is 8.78 Å². The van der Waals surface area contributed by atoms with Gasteiger partial charge in [0.25, 0.3) is 0 Å². The Bertz CT molecular complexity index is 521. The Labute approximate surface area is 113 Å². The highest BCUT2D eigenvalue weighted by molar-refractivity contribution is 7.10. The zero-order valence-corrected chi connectivity index (χ0v) is 11.3. The maximum Gasteiger partial charge on any atom is 0.126 e. The SMILES string of the molecule is CNC(Cc1sccc1Cl)c1cc(F)cc(F)c1. The Morgan fingerprint density at radius 2 is 1.94 bits per heavy atom. The molecule has 96 valence electrons. The number of hydrogen-bond acceptors (Lipinski definition) is 2. The summed E-state index contributed by atoms with van der Waals surface area (Å²) in [7, 11) is 1.76. The van der Waals surface area contributed by atoms with Gasteiger partial charge in [0, 0.05) is 23.4 Å². The molecule has 2 aromatic rings. The van der Waals surface area contributed by atoms with Crippen LogP contribution in [0, 0.1) is 11.6 Å². The minimum absolute atomic E-state index is 0.161. The molecule has 0 spiro atoms. The number of halogens is 3. The van der Waals surface area contributed by atoms with Crippen molar-refractivity contribution in [2.75, 3.05) is 7.05 Å². The number of likely N-dealkylation sites (N-methyl/N-ethyl adjacent to an activating group) is 1. The van der Waals surface area contributed by atoms with E-state index < -0.39 is 11.6 Å². The highest BCUT2D eigenvalue weighted by Gasteiger charge is 2.15. The van der Waals surface area contributed by atoms with Gasteiger partial charge in [-0.3, -0.25) is 0 Å². The third-order valence-corrected chi connectivity index (χ3v) is 4.13. The molecule has 0 aliphatic carbocycles. The van der Waals surface area contributed by atoms with E-state index in [2.05, 4.69) is 5.32 Å². The van der Waals surface area contributed by atoms with Crippen LogP contribution in [0.25, 0.3) is 0 Å². The Balaban J connectivity index is 2.25. The molecule has 0 aliphatic rings. The van der Waals surface area contributed by atoms with Crippen LogP contribution in [-0.4, -0.2) is 7.05 Å². The number of hydrogen-bond donors (Lipinski definition) is 1. The van der Waals surface area contributed by atoms with Crippen molar-refractivity contribution in [3.63, 3.8) is 0 Å². The van der Waals surface area contributed by atoms with Crippen molar-refractivity contribution in [2.24, 2.45) is 0 Å². The predicted molar refractivity (Wildman–Crippen MR) is 71.2 cm³/mol. The number of thiophene rings is 1. The maximum absolute atomic E-state index is 13.2. The van der Waals surface area contributed by atoms with Crippen LogP contribution in [0.3, 0.4) is 0 Å². The second-order valence-corrected chi connectivity index (χ2v) is 5.35. The van der Waals surface area contributed by atoms with Crippen LogP contribution in [-0.2, 0) is 6.42 Å². The fourth-order valence-corrected chi connectivity index (χ4v) is 2.98. The highest BCUT2D eigenvalue weighted by atomic mass is 35.5. The van der Waals surface area contributed by atoms with Crippen LogP contribution in [0.2, 0.25) is 5.02 Å². The summed E-state index contributed by atoms with van der Waals surface area (Å²) in [6.07, 6.45) is 0.607. The summed E-state index contributed by atoms with van der Waals surface area (Å²) in [4.78, 5) is 1.00. The smallest absolute Gasteiger partial charge is 0.126 e. The lowest BCUT2D eigenvalue weighted by Gasteiger charge is -2.16. The highest BCUT2D eigenvalue weighted by Crippen LogP contribution is 2.28. The number of rotatable bonds is 4. The van der Waals surface area contributed by atoms with Gasteiger partial charge in [-0.1, -0.05) is 11.6 Å². The van der Waals surface area contributed by atoms with Crippen LogP contribution < -0.4 is 5.32 Å². The molecule has 1 aromatic heterocycles. The predicted octanol–water partition coefficient (Wildman–Crippen LogP) is 4.18. The van der Waals surface area contributed by atoms with Crippen molar-refractivity contribution in [3.8, 4) is 0 Å². The first-order valence-corrected chi connectivity index (χ1v) is 6.71. The molecule has 5 heteroatoms. The van der Waals surface area contributed by atoms with Gasteiger partial charge in [0.15, 0.2) is 0 Å². The second-order valence-electron chi connectivity index (χ2n) is 3.94. The Morgan fingerprint density at radius 3 is 2.44 bits per heavy atom. The summed E-state index contributed by atoms with van der Waals surface area (Å²) in [5.41, 5.74) is 0.583. The van der Waals surface area contributed by atoms with E-state index in [1.165, 1.54) is 23.5 Å². The van der Waals surface area contributed by atoms with Gasteiger partial charge in [-0.05, 0) is 36.2 Å². The maximum atomic E-state index is 13.2. The summed E-state index contributed by atoms with van der Waals surface area (Å²) < 4.78 is 26.4. The molecular weight excluding hydrogens is 276 g/mol. The normalized spacial score (nSPS) is 12.7. The molecule has 1 heterocycles. The molecule has 1 atom stereocenters. The topological polar surface area (TPSA) is 12.0 Å². The van der Waals surface area contributed by atoms with Crippen LogP contribution in [0.15, 0.2) is 29.6 Å². The van der Waals surface area contributed by atoms with E-state index in [0.717, 1.165) is 10.9 Å². The molecule has 0 fully saturated rings. The van der Waals surface area contributed by atoms with E-state index >= 15 is 0 Å². The van der Waals surface area contributed by atoms with Crippen molar-refractivity contribution in [1.82, 2.24) is 5.32 Å². The molecule has 1 unspecified atom stereocenters. The summed E-state index contributed by atoms with van der Waals surface area (Å²) in [5.74, 6) is -1.13. The Morgan fingerprint density at radius 1 is 1.28 bits per heavy atom. The molecule has 0 bridgehead atoms. The first kappa shape index (κ1) is 13.5. The summed E-state index contributed by atoms with van der Waals surface area (Å²) in [6.45, 7) is 0. The van der Waals surface area contributed by atoms with Gasteiger partial charge in [0.05, 0.1) is 5.02 Å². The second kappa shape index (κ2) is 5.78. The molecular formula is C13H12ClF2NS. The largest absolute Gasteiger partial charge is 0.313 e. The minimum atomic E-state index is -0.567. The van der Waals surface area contributed by atoms with Gasteiger partial charge < -0.3 is 5.32 Å². The van der Waals surface area contributed by atoms with E-state index in [-0.39, 0.29) is 6.04 Å². The van der Waals surface area contributed by atoms with Crippen molar-refractivity contribution < 1.29 is 8.78 Å². The van der Waals surface area contributed by atoms with Crippen molar-refractivity contribution in [3.05, 3.63) is 56.7 Å². The zero-order valence-electron chi connectivity index (χ0n) is 9.71. The quantitative estimate of drug-likeness (QED) is 0.889. The molecule has 1 N–H and O–H groups in total. The monoisotopic (exact) mass is 287 g/mol. The molecule has 0 aliphatic heterocycles. The van der Waals surface area contributed by atoms with Crippen LogP contribution in [0.5, 0.6) is 0 Å². The number of nitrogens with one attached hydrogen (secondary N) is 1. The molecule has 1 nitrogen and oxygen atoms in total. The first-order valence-electron chi connectivity index (χ1n) is 5.45. The van der Waals surface area contributed by atoms with Crippen molar-refractivity contribution >= 4 is 22.9 Å². The summed E-state index contributed by atoms with van der Waals surface area (Å²) >= 11 is 7.56. The first-order chi connectivity index (χ1) is 8.60. The lowest BCUT2D eigenvalue weighted by atomic mass is 10.0. The van der Waals surface area contributed by atoms with Crippen LogP contribution in [0.4, 0.5) is 8.78 Å². The van der Waals surface area contributed by atoms with Gasteiger partial charge >= 0.3 is 0 Å². The van der Waals surface area contributed by atoms with E-state index in [4.69, 9.17) is 11.6 Å². The van der Waals surface area contributed by atoms with E-state index in [1.54, 1.807) is 7.05 Å². The van der Waals surface area contributed by atoms with Gasteiger partial charge in [0.2, 0.25) is 0 Å². The van der Waals surface area contributed by atoms with Gasteiger partial charge in [0.1, 0.15) is 11.6 Å². The fraction of sp³-hybridized carbons (Fsp3) is 0.231.